The van der Waals surface area contributed by atoms with Gasteiger partial charge >= 0.3 is 5.97 Å². The minimum Gasteiger partial charge on any atom is -0.480 e. The summed E-state index contributed by atoms with van der Waals surface area (Å²) in [4.78, 5) is 12.0. The third kappa shape index (κ3) is 3.13. The number of nitrogens with zero attached hydrogens (tertiary/aromatic N) is 1. The first-order valence-corrected chi connectivity index (χ1v) is 4.25. The van der Waals surface area contributed by atoms with Crippen molar-refractivity contribution < 1.29 is 9.90 Å². The summed E-state index contributed by atoms with van der Waals surface area (Å²) < 4.78 is 0. The highest BCUT2D eigenvalue weighted by molar-refractivity contribution is 8.02. The number of allylic oxidation sites excluding steroid dienone is 2. The van der Waals surface area contributed by atoms with Gasteiger partial charge < -0.3 is 10.0 Å². The highest BCUT2D eigenvalue weighted by Gasteiger charge is 2.04. The maximum atomic E-state index is 10.3. The fraction of sp³-hybridized carbons (Fsp3) is 0.286. The second kappa shape index (κ2) is 4.08. The molecule has 0 amide bonds. The average molecular weight is 171 g/mol. The summed E-state index contributed by atoms with van der Waals surface area (Å²) in [5.74, 6) is -0.0867. The third-order valence-electron chi connectivity index (χ3n) is 1.16. The van der Waals surface area contributed by atoms with Crippen LogP contribution in [0.2, 0.25) is 0 Å². The Bertz CT molecular complexity index is 201. The van der Waals surface area contributed by atoms with Crippen molar-refractivity contribution in [3.05, 3.63) is 23.8 Å². The summed E-state index contributed by atoms with van der Waals surface area (Å²) >= 11 is 1.59. The number of carbonyl (C=O) groups is 1. The highest BCUT2D eigenvalue weighted by Crippen LogP contribution is 2.09. The molecule has 3 nitrogen and oxygen atoms in total. The van der Waals surface area contributed by atoms with E-state index in [2.05, 4.69) is 0 Å². The van der Waals surface area contributed by atoms with Crippen LogP contribution in [0.15, 0.2) is 23.8 Å². The lowest BCUT2D eigenvalue weighted by Crippen LogP contribution is -2.23. The van der Waals surface area contributed by atoms with Crippen molar-refractivity contribution in [2.45, 2.75) is 0 Å². The lowest BCUT2D eigenvalue weighted by atomic mass is 10.5. The van der Waals surface area contributed by atoms with Crippen LogP contribution in [0, 0.1) is 0 Å². The number of rotatable bonds is 2. The van der Waals surface area contributed by atoms with Crippen molar-refractivity contribution >= 4 is 17.7 Å². The molecule has 1 rings (SSSR count). The first-order valence-electron chi connectivity index (χ1n) is 3.20. The van der Waals surface area contributed by atoms with Crippen LogP contribution < -0.4 is 0 Å². The summed E-state index contributed by atoms with van der Waals surface area (Å²) in [5.41, 5.74) is 0. The smallest absolute Gasteiger partial charge is 0.323 e. The molecule has 4 heteroatoms. The number of hydrogen-bond acceptors (Lipinski definition) is 3. The minimum absolute atomic E-state index is 0.0746. The maximum Gasteiger partial charge on any atom is 0.323 e. The quantitative estimate of drug-likeness (QED) is 0.675. The van der Waals surface area contributed by atoms with Gasteiger partial charge in [0.2, 0.25) is 0 Å². The van der Waals surface area contributed by atoms with Gasteiger partial charge in [0.15, 0.2) is 0 Å². The molecule has 60 valence electrons. The molecule has 1 N–H and O–H groups in total. The Morgan fingerprint density at radius 2 is 2.45 bits per heavy atom. The maximum absolute atomic E-state index is 10.3. The lowest BCUT2D eigenvalue weighted by molar-refractivity contribution is -0.137. The first kappa shape index (κ1) is 8.20. The summed E-state index contributed by atoms with van der Waals surface area (Å²) in [6.45, 7) is 0.0746. The zero-order valence-electron chi connectivity index (χ0n) is 5.93. The monoisotopic (exact) mass is 171 g/mol. The predicted molar refractivity (Wildman–Crippen MR) is 45.1 cm³/mol. The van der Waals surface area contributed by atoms with Gasteiger partial charge in [0, 0.05) is 6.20 Å². The van der Waals surface area contributed by atoms with Gasteiger partial charge in [-0.1, -0.05) is 6.08 Å². The Labute approximate surface area is 69.4 Å². The van der Waals surface area contributed by atoms with Crippen LogP contribution in [0.1, 0.15) is 0 Å². The number of carboxylic acids is 1. The van der Waals surface area contributed by atoms with Crippen molar-refractivity contribution in [2.24, 2.45) is 0 Å². The fourth-order valence-corrected chi connectivity index (χ4v) is 1.38. The van der Waals surface area contributed by atoms with E-state index in [1.54, 1.807) is 22.9 Å². The van der Waals surface area contributed by atoms with E-state index < -0.39 is 5.97 Å². The van der Waals surface area contributed by atoms with Gasteiger partial charge in [-0.15, -0.1) is 11.8 Å². The Morgan fingerprint density at radius 3 is 3.18 bits per heavy atom. The van der Waals surface area contributed by atoms with Gasteiger partial charge in [-0.05, 0) is 11.5 Å². The molecule has 0 aromatic heterocycles. The zero-order chi connectivity index (χ0) is 8.10. The van der Waals surface area contributed by atoms with E-state index in [0.29, 0.717) is 5.88 Å². The fourth-order valence-electron chi connectivity index (χ4n) is 0.726. The van der Waals surface area contributed by atoms with E-state index >= 15 is 0 Å². The van der Waals surface area contributed by atoms with Crippen LogP contribution in [0.5, 0.6) is 0 Å². The van der Waals surface area contributed by atoms with Gasteiger partial charge in [-0.25, -0.2) is 0 Å². The molecule has 0 saturated heterocycles. The molecule has 1 heterocycles. The van der Waals surface area contributed by atoms with E-state index in [1.807, 2.05) is 17.6 Å². The number of hydrogen-bond donors (Lipinski definition) is 1. The van der Waals surface area contributed by atoms with Crippen LogP contribution in [-0.4, -0.2) is 28.4 Å². The van der Waals surface area contributed by atoms with E-state index in [0.717, 1.165) is 0 Å². The van der Waals surface area contributed by atoms with Crippen molar-refractivity contribution in [3.8, 4) is 0 Å². The highest BCUT2D eigenvalue weighted by atomic mass is 32.2. The number of aliphatic carboxylic acids is 1. The largest absolute Gasteiger partial charge is 0.480 e. The topological polar surface area (TPSA) is 40.5 Å². The van der Waals surface area contributed by atoms with Crippen molar-refractivity contribution in [1.29, 1.82) is 0 Å². The normalized spacial score (nSPS) is 16.5. The number of thioether (sulfide) groups is 1. The molecule has 0 spiro atoms. The molecule has 11 heavy (non-hydrogen) atoms. The van der Waals surface area contributed by atoms with Crippen molar-refractivity contribution in [3.63, 3.8) is 0 Å². The first-order chi connectivity index (χ1) is 5.29. The molecule has 0 atom stereocenters. The van der Waals surface area contributed by atoms with E-state index in [9.17, 15) is 4.79 Å². The average Bonchev–Trinajstić information content (AvgIpc) is 2.14. The van der Waals surface area contributed by atoms with E-state index in [1.165, 1.54) is 0 Å². The van der Waals surface area contributed by atoms with E-state index in [-0.39, 0.29) is 6.54 Å². The SMILES string of the molecule is O=C(O)CN1C=CC=CSC1. The molecule has 1 aliphatic heterocycles. The number of carboxylic acid groups (broad SMARTS) is 1. The van der Waals surface area contributed by atoms with Gasteiger partial charge in [0.25, 0.3) is 0 Å². The minimum atomic E-state index is -0.794. The third-order valence-corrected chi connectivity index (χ3v) is 1.99. The van der Waals surface area contributed by atoms with Crippen LogP contribution in [-0.2, 0) is 4.79 Å². The van der Waals surface area contributed by atoms with Crippen molar-refractivity contribution in [2.75, 3.05) is 12.4 Å². The van der Waals surface area contributed by atoms with Crippen LogP contribution >= 0.6 is 11.8 Å². The molecule has 0 radical (unpaired) electrons. The second-order valence-electron chi connectivity index (χ2n) is 2.11. The van der Waals surface area contributed by atoms with E-state index in [4.69, 9.17) is 5.11 Å². The summed E-state index contributed by atoms with van der Waals surface area (Å²) in [5, 5.41) is 10.4. The zero-order valence-corrected chi connectivity index (χ0v) is 6.75. The Balaban J connectivity index is 2.41. The Hall–Kier alpha value is -0.900. The molecule has 0 aromatic carbocycles. The summed E-state index contributed by atoms with van der Waals surface area (Å²) in [7, 11) is 0. The molecule has 0 aromatic rings. The lowest BCUT2D eigenvalue weighted by Gasteiger charge is -2.14. The Kier molecular flexibility index (Phi) is 3.04. The molecular weight excluding hydrogens is 162 g/mol. The van der Waals surface area contributed by atoms with Gasteiger partial charge in [0.05, 0.1) is 5.88 Å². The molecule has 0 unspecified atom stereocenters. The molecule has 0 bridgehead atoms. The van der Waals surface area contributed by atoms with Crippen molar-refractivity contribution in [1.82, 2.24) is 4.90 Å². The molecular formula is C7H9NO2S. The van der Waals surface area contributed by atoms with Gasteiger partial charge in [-0.2, -0.15) is 0 Å². The van der Waals surface area contributed by atoms with Crippen LogP contribution in [0.3, 0.4) is 0 Å². The standard InChI is InChI=1S/C7H9NO2S/c9-7(10)5-8-3-1-2-4-11-6-8/h1-4H,5-6H2,(H,9,10). The van der Waals surface area contributed by atoms with Crippen LogP contribution in [0.4, 0.5) is 0 Å². The predicted octanol–water partition coefficient (Wildman–Crippen LogP) is 1.10. The molecule has 0 saturated carbocycles. The summed E-state index contributed by atoms with van der Waals surface area (Å²) in [6, 6.07) is 0. The van der Waals surface area contributed by atoms with Crippen LogP contribution in [0.25, 0.3) is 0 Å². The second-order valence-corrected chi connectivity index (χ2v) is 2.97. The molecule has 0 fully saturated rings. The molecule has 1 aliphatic rings. The Morgan fingerprint density at radius 1 is 1.64 bits per heavy atom. The van der Waals surface area contributed by atoms with Gasteiger partial charge in [-0.3, -0.25) is 4.79 Å². The van der Waals surface area contributed by atoms with Gasteiger partial charge in [0.1, 0.15) is 6.54 Å². The molecule has 0 aliphatic carbocycles. The summed E-state index contributed by atoms with van der Waals surface area (Å²) in [6.07, 6.45) is 5.51.